The molecule has 0 amide bonds. The van der Waals surface area contributed by atoms with E-state index in [4.69, 9.17) is 4.74 Å². The first kappa shape index (κ1) is 18.4. The Morgan fingerprint density at radius 2 is 2.08 bits per heavy atom. The summed E-state index contributed by atoms with van der Waals surface area (Å²) >= 11 is 2.92. The summed E-state index contributed by atoms with van der Waals surface area (Å²) in [5.41, 5.74) is -1.41. The quantitative estimate of drug-likeness (QED) is 0.664. The number of nitrogens with one attached hydrogen (secondary N) is 1. The number of halogens is 5. The molecule has 1 aliphatic rings. The molecule has 1 unspecified atom stereocenters. The summed E-state index contributed by atoms with van der Waals surface area (Å²) < 4.78 is 61.6. The van der Waals surface area contributed by atoms with Crippen molar-refractivity contribution in [3.63, 3.8) is 0 Å². The van der Waals surface area contributed by atoms with Gasteiger partial charge in [0.2, 0.25) is 0 Å². The van der Waals surface area contributed by atoms with E-state index in [0.29, 0.717) is 13.0 Å². The van der Waals surface area contributed by atoms with Crippen molar-refractivity contribution < 1.29 is 22.3 Å². The van der Waals surface area contributed by atoms with Crippen LogP contribution in [0.15, 0.2) is 10.7 Å². The van der Waals surface area contributed by atoms with Crippen LogP contribution in [-0.2, 0) is 10.9 Å². The van der Waals surface area contributed by atoms with Gasteiger partial charge in [-0.1, -0.05) is 0 Å². The molecule has 138 valence electrons. The van der Waals surface area contributed by atoms with Crippen LogP contribution in [0.4, 0.5) is 23.2 Å². The summed E-state index contributed by atoms with van der Waals surface area (Å²) in [5, 5.41) is 7.29. The summed E-state index contributed by atoms with van der Waals surface area (Å²) in [7, 11) is 0. The highest BCUT2D eigenvalue weighted by molar-refractivity contribution is 9.10. The molecule has 0 spiro atoms. The van der Waals surface area contributed by atoms with Gasteiger partial charge in [-0.3, -0.25) is 0 Å². The maximum atomic E-state index is 14.7. The second-order valence-corrected chi connectivity index (χ2v) is 7.16. The van der Waals surface area contributed by atoms with E-state index < -0.39 is 17.6 Å². The lowest BCUT2D eigenvalue weighted by atomic mass is 10.1. The van der Waals surface area contributed by atoms with E-state index in [0.717, 1.165) is 12.8 Å². The standard InChI is InChI=1S/C16H18BrF4N3O/c1-8(2)22-15-13(18)11(16(19,20)21)12(17)9-7-24(23-14(9)15)10-5-3-4-6-25-10/h7-8,10,22H,3-6H2,1-2H3. The van der Waals surface area contributed by atoms with Crippen molar-refractivity contribution in [2.75, 3.05) is 11.9 Å². The summed E-state index contributed by atoms with van der Waals surface area (Å²) in [6.07, 6.45) is -1.09. The van der Waals surface area contributed by atoms with Gasteiger partial charge in [0.15, 0.2) is 5.82 Å². The summed E-state index contributed by atoms with van der Waals surface area (Å²) in [6, 6.07) is -0.254. The Morgan fingerprint density at radius 1 is 1.36 bits per heavy atom. The topological polar surface area (TPSA) is 39.1 Å². The van der Waals surface area contributed by atoms with Crippen LogP contribution in [0, 0.1) is 5.82 Å². The number of hydrogen-bond acceptors (Lipinski definition) is 3. The molecule has 1 aliphatic heterocycles. The van der Waals surface area contributed by atoms with Gasteiger partial charge in [0, 0.05) is 28.7 Å². The van der Waals surface area contributed by atoms with Crippen molar-refractivity contribution in [1.29, 1.82) is 0 Å². The largest absolute Gasteiger partial charge is 0.420 e. The van der Waals surface area contributed by atoms with Crippen LogP contribution < -0.4 is 5.32 Å². The maximum absolute atomic E-state index is 14.7. The Morgan fingerprint density at radius 3 is 2.64 bits per heavy atom. The molecule has 1 aromatic carbocycles. The van der Waals surface area contributed by atoms with Gasteiger partial charge in [0.25, 0.3) is 0 Å². The molecule has 1 aromatic heterocycles. The van der Waals surface area contributed by atoms with Gasteiger partial charge < -0.3 is 10.1 Å². The van der Waals surface area contributed by atoms with Gasteiger partial charge >= 0.3 is 6.18 Å². The van der Waals surface area contributed by atoms with Crippen molar-refractivity contribution in [1.82, 2.24) is 9.78 Å². The van der Waals surface area contributed by atoms with E-state index in [2.05, 4.69) is 26.3 Å². The van der Waals surface area contributed by atoms with Crippen molar-refractivity contribution in [3.8, 4) is 0 Å². The Kier molecular flexibility index (Phi) is 4.98. The van der Waals surface area contributed by atoms with E-state index in [1.54, 1.807) is 13.8 Å². The first-order valence-corrected chi connectivity index (χ1v) is 8.84. The zero-order chi connectivity index (χ0) is 18.4. The molecular formula is C16H18BrF4N3O. The molecule has 0 saturated carbocycles. The highest BCUT2D eigenvalue weighted by Crippen LogP contribution is 2.44. The van der Waals surface area contributed by atoms with Crippen LogP contribution >= 0.6 is 15.9 Å². The summed E-state index contributed by atoms with van der Waals surface area (Å²) in [4.78, 5) is 0. The Bertz CT molecular complexity index is 782. The number of benzene rings is 1. The van der Waals surface area contributed by atoms with Gasteiger partial charge in [0.05, 0.1) is 5.69 Å². The van der Waals surface area contributed by atoms with Crippen molar-refractivity contribution in [2.24, 2.45) is 0 Å². The first-order valence-electron chi connectivity index (χ1n) is 8.05. The molecule has 9 heteroatoms. The van der Waals surface area contributed by atoms with Crippen molar-refractivity contribution in [3.05, 3.63) is 22.1 Å². The molecule has 1 atom stereocenters. The fourth-order valence-electron chi connectivity index (χ4n) is 2.95. The van der Waals surface area contributed by atoms with Gasteiger partial charge in [-0.25, -0.2) is 9.07 Å². The van der Waals surface area contributed by atoms with Crippen LogP contribution in [0.2, 0.25) is 0 Å². The number of aromatic nitrogens is 2. The number of anilines is 1. The third kappa shape index (κ3) is 3.48. The van der Waals surface area contributed by atoms with Gasteiger partial charge in [-0.15, -0.1) is 0 Å². The van der Waals surface area contributed by atoms with E-state index in [-0.39, 0.29) is 33.3 Å². The van der Waals surface area contributed by atoms with E-state index >= 15 is 0 Å². The van der Waals surface area contributed by atoms with E-state index in [1.807, 2.05) is 0 Å². The van der Waals surface area contributed by atoms with Crippen LogP contribution in [-0.4, -0.2) is 22.4 Å². The fourth-order valence-corrected chi connectivity index (χ4v) is 3.64. The van der Waals surface area contributed by atoms with Crippen LogP contribution in [0.5, 0.6) is 0 Å². The highest BCUT2D eigenvalue weighted by Gasteiger charge is 2.40. The normalized spacial score (nSPS) is 19.0. The minimum absolute atomic E-state index is 0.153. The first-order chi connectivity index (χ1) is 11.7. The third-order valence-corrected chi connectivity index (χ3v) is 4.85. The number of nitrogens with zero attached hydrogens (tertiary/aromatic N) is 2. The molecule has 1 N–H and O–H groups in total. The Hall–Kier alpha value is -1.35. The Balaban J connectivity index is 2.23. The van der Waals surface area contributed by atoms with Gasteiger partial charge in [0.1, 0.15) is 17.3 Å². The van der Waals surface area contributed by atoms with Gasteiger partial charge in [-0.2, -0.15) is 18.3 Å². The molecule has 0 radical (unpaired) electrons. The molecule has 0 bridgehead atoms. The molecule has 1 saturated heterocycles. The van der Waals surface area contributed by atoms with Crippen molar-refractivity contribution >= 4 is 32.5 Å². The lowest BCUT2D eigenvalue weighted by Crippen LogP contribution is -2.18. The van der Waals surface area contributed by atoms with Crippen LogP contribution in [0.1, 0.15) is 44.9 Å². The second-order valence-electron chi connectivity index (χ2n) is 6.37. The molecular weight excluding hydrogens is 406 g/mol. The molecule has 4 nitrogen and oxygen atoms in total. The molecule has 0 aliphatic carbocycles. The molecule has 25 heavy (non-hydrogen) atoms. The lowest BCUT2D eigenvalue weighted by Gasteiger charge is -2.22. The second kappa shape index (κ2) is 6.75. The number of fused-ring (bicyclic) bond motifs is 1. The Labute approximate surface area is 150 Å². The minimum Gasteiger partial charge on any atom is -0.379 e. The van der Waals surface area contributed by atoms with Crippen molar-refractivity contribution in [2.45, 2.75) is 51.6 Å². The highest BCUT2D eigenvalue weighted by atomic mass is 79.9. The monoisotopic (exact) mass is 423 g/mol. The number of rotatable bonds is 3. The molecule has 2 heterocycles. The van der Waals surface area contributed by atoms with Crippen LogP contribution in [0.25, 0.3) is 10.9 Å². The number of ether oxygens (including phenoxy) is 1. The SMILES string of the molecule is CC(C)Nc1c(F)c(C(F)(F)F)c(Br)c2cn(C3CCCCO3)nc12. The van der Waals surface area contributed by atoms with E-state index in [1.165, 1.54) is 10.9 Å². The summed E-state index contributed by atoms with van der Waals surface area (Å²) in [6.45, 7) is 4.02. The summed E-state index contributed by atoms with van der Waals surface area (Å²) in [5.74, 6) is -1.35. The average molecular weight is 424 g/mol. The smallest absolute Gasteiger partial charge is 0.379 e. The predicted octanol–water partition coefficient (Wildman–Crippen LogP) is 5.48. The lowest BCUT2D eigenvalue weighted by molar-refractivity contribution is -0.140. The fraction of sp³-hybridized carbons (Fsp3) is 0.562. The average Bonchev–Trinajstić information content (AvgIpc) is 2.96. The zero-order valence-corrected chi connectivity index (χ0v) is 15.3. The molecule has 2 aromatic rings. The minimum atomic E-state index is -4.83. The molecule has 1 fully saturated rings. The number of alkyl halides is 3. The van der Waals surface area contributed by atoms with E-state index in [9.17, 15) is 17.6 Å². The number of hydrogen-bond donors (Lipinski definition) is 1. The predicted molar refractivity (Wildman–Crippen MR) is 90.0 cm³/mol. The molecule has 3 rings (SSSR count). The third-order valence-electron chi connectivity index (χ3n) is 4.03. The maximum Gasteiger partial charge on any atom is 0.420 e. The van der Waals surface area contributed by atoms with Gasteiger partial charge in [-0.05, 0) is 49.0 Å². The zero-order valence-electron chi connectivity index (χ0n) is 13.8. The van der Waals surface area contributed by atoms with Crippen LogP contribution in [0.3, 0.4) is 0 Å².